The van der Waals surface area contributed by atoms with Gasteiger partial charge >= 0.3 is 5.97 Å². The van der Waals surface area contributed by atoms with Crippen molar-refractivity contribution in [1.82, 2.24) is 9.88 Å². The maximum atomic E-state index is 14.7. The van der Waals surface area contributed by atoms with Crippen molar-refractivity contribution in [3.8, 4) is 5.75 Å². The van der Waals surface area contributed by atoms with Crippen molar-refractivity contribution in [3.05, 3.63) is 65.4 Å². The van der Waals surface area contributed by atoms with E-state index in [4.69, 9.17) is 4.74 Å². The number of hydrogen-bond donors (Lipinski definition) is 2. The molecule has 1 saturated heterocycles. The minimum Gasteiger partial charge on any atom is -0.497 e. The zero-order chi connectivity index (χ0) is 27.4. The van der Waals surface area contributed by atoms with Gasteiger partial charge in [0.25, 0.3) is 0 Å². The molecule has 4 rings (SSSR count). The first-order chi connectivity index (χ1) is 18.1. The number of pyridine rings is 1. The lowest BCUT2D eigenvalue weighted by molar-refractivity contribution is -0.153. The number of aliphatic hydroxyl groups is 1. The normalized spacial score (nSPS) is 16.5. The molecule has 2 heterocycles. The summed E-state index contributed by atoms with van der Waals surface area (Å²) in [4.78, 5) is 18.7. The molecule has 1 aromatic heterocycles. The van der Waals surface area contributed by atoms with Crippen molar-refractivity contribution in [3.63, 3.8) is 0 Å². The number of benzene rings is 2. The molecule has 38 heavy (non-hydrogen) atoms. The lowest BCUT2D eigenvalue weighted by Gasteiger charge is -2.39. The van der Waals surface area contributed by atoms with Gasteiger partial charge in [0.1, 0.15) is 11.6 Å². The summed E-state index contributed by atoms with van der Waals surface area (Å²) in [7, 11) is 1.48. The second-order valence-electron chi connectivity index (χ2n) is 9.43. The molecular formula is C27H28F4N2O4S. The summed E-state index contributed by atoms with van der Waals surface area (Å²) < 4.78 is 59.9. The van der Waals surface area contributed by atoms with Gasteiger partial charge in [-0.05, 0) is 69.1 Å². The number of thioether (sulfide) groups is 1. The number of aliphatic carboxylic acids is 1. The van der Waals surface area contributed by atoms with E-state index in [1.54, 1.807) is 18.2 Å². The van der Waals surface area contributed by atoms with Crippen molar-refractivity contribution in [2.45, 2.75) is 36.7 Å². The van der Waals surface area contributed by atoms with Crippen molar-refractivity contribution in [1.29, 1.82) is 0 Å². The van der Waals surface area contributed by atoms with Crippen LogP contribution in [0.25, 0.3) is 10.9 Å². The quantitative estimate of drug-likeness (QED) is 0.193. The van der Waals surface area contributed by atoms with Crippen LogP contribution >= 0.6 is 11.8 Å². The van der Waals surface area contributed by atoms with Gasteiger partial charge in [-0.25, -0.2) is 17.6 Å². The number of methoxy groups -OCH3 is 1. The summed E-state index contributed by atoms with van der Waals surface area (Å²) in [5.74, 6) is -4.63. The molecule has 2 aromatic carbocycles. The van der Waals surface area contributed by atoms with Crippen LogP contribution < -0.4 is 4.74 Å². The van der Waals surface area contributed by atoms with E-state index in [2.05, 4.69) is 9.88 Å². The van der Waals surface area contributed by atoms with E-state index in [0.717, 1.165) is 18.3 Å². The Balaban J connectivity index is 1.36. The zero-order valence-corrected chi connectivity index (χ0v) is 21.5. The summed E-state index contributed by atoms with van der Waals surface area (Å²) in [5, 5.41) is 21.4. The number of carboxylic acids is 1. The molecule has 6 nitrogen and oxygen atoms in total. The van der Waals surface area contributed by atoms with Gasteiger partial charge in [-0.1, -0.05) is 0 Å². The summed E-state index contributed by atoms with van der Waals surface area (Å²) >= 11 is 1.19. The van der Waals surface area contributed by atoms with Crippen molar-refractivity contribution in [2.24, 2.45) is 5.41 Å². The second-order valence-corrected chi connectivity index (χ2v) is 10.6. The third kappa shape index (κ3) is 6.05. The van der Waals surface area contributed by atoms with E-state index < -0.39 is 40.8 Å². The Bertz CT molecular complexity index is 1290. The molecule has 0 saturated carbocycles. The molecule has 1 aliphatic rings. The van der Waals surface area contributed by atoms with Crippen LogP contribution in [0.15, 0.2) is 41.4 Å². The fraction of sp³-hybridized carbons (Fsp3) is 0.407. The van der Waals surface area contributed by atoms with Crippen LogP contribution in [0.1, 0.15) is 37.4 Å². The molecule has 2 N–H and O–H groups in total. The van der Waals surface area contributed by atoms with Gasteiger partial charge in [0.05, 0.1) is 30.3 Å². The Kier molecular flexibility index (Phi) is 8.79. The van der Waals surface area contributed by atoms with Gasteiger partial charge in [0.15, 0.2) is 17.5 Å². The van der Waals surface area contributed by atoms with Gasteiger partial charge in [0, 0.05) is 28.1 Å². The Hall–Kier alpha value is -2.89. The molecule has 1 fully saturated rings. The number of nitrogens with zero attached hydrogens (tertiary/aromatic N) is 2. The van der Waals surface area contributed by atoms with Crippen LogP contribution in [-0.4, -0.2) is 58.6 Å². The van der Waals surface area contributed by atoms with Crippen LogP contribution in [0, 0.1) is 28.7 Å². The number of carboxylic acid groups (broad SMARTS) is 1. The lowest BCUT2D eigenvalue weighted by Crippen LogP contribution is -2.45. The van der Waals surface area contributed by atoms with Crippen molar-refractivity contribution < 1.29 is 37.3 Å². The lowest BCUT2D eigenvalue weighted by atomic mass is 9.74. The predicted octanol–water partition coefficient (Wildman–Crippen LogP) is 5.57. The van der Waals surface area contributed by atoms with Crippen LogP contribution in [0.2, 0.25) is 0 Å². The number of halogens is 4. The maximum Gasteiger partial charge on any atom is 0.309 e. The summed E-state index contributed by atoms with van der Waals surface area (Å²) in [5.41, 5.74) is -0.505. The van der Waals surface area contributed by atoms with E-state index >= 15 is 0 Å². The van der Waals surface area contributed by atoms with E-state index in [9.17, 15) is 32.6 Å². The van der Waals surface area contributed by atoms with Gasteiger partial charge in [-0.15, -0.1) is 11.8 Å². The standard InChI is InChI=1S/C27H28F4N2O4S/c1-37-16-2-3-22-18(12-16)24(21(30)15-32-22)23(34)4-5-27(26(35)36)6-8-33(9-7-27)10-11-38-17-13-19(28)25(31)20(29)14-17/h2-3,12-15,23,34H,4-11H2,1H3,(H,35,36)/t23-/m1/s1. The molecule has 3 aromatic rings. The Morgan fingerprint density at radius 3 is 2.45 bits per heavy atom. The second kappa shape index (κ2) is 11.9. The molecule has 0 aliphatic carbocycles. The van der Waals surface area contributed by atoms with E-state index in [-0.39, 0.29) is 23.3 Å². The monoisotopic (exact) mass is 552 g/mol. The third-order valence-corrected chi connectivity index (χ3v) is 8.15. The molecule has 204 valence electrons. The number of aliphatic hydroxyl groups excluding tert-OH is 1. The number of likely N-dealkylation sites (tertiary alicyclic amines) is 1. The van der Waals surface area contributed by atoms with Gasteiger partial charge in [-0.2, -0.15) is 0 Å². The first kappa shape index (κ1) is 28.1. The maximum absolute atomic E-state index is 14.7. The Morgan fingerprint density at radius 1 is 1.13 bits per heavy atom. The number of rotatable bonds is 10. The van der Waals surface area contributed by atoms with Crippen LogP contribution in [-0.2, 0) is 4.79 Å². The van der Waals surface area contributed by atoms with E-state index in [1.807, 2.05) is 0 Å². The molecule has 11 heteroatoms. The summed E-state index contributed by atoms with van der Waals surface area (Å²) in [6, 6.07) is 6.85. The first-order valence-corrected chi connectivity index (χ1v) is 13.2. The van der Waals surface area contributed by atoms with Gasteiger partial charge in [-0.3, -0.25) is 9.78 Å². The SMILES string of the molecule is COc1ccc2ncc(F)c([C@H](O)CCC3(C(=O)O)CCN(CCSc4cc(F)c(F)c(F)c4)CC3)c2c1. The van der Waals surface area contributed by atoms with E-state index in [1.165, 1.54) is 18.9 Å². The average Bonchev–Trinajstić information content (AvgIpc) is 2.90. The minimum atomic E-state index is -1.50. The minimum absolute atomic E-state index is 0.0527. The van der Waals surface area contributed by atoms with Crippen molar-refractivity contribution >= 4 is 28.6 Å². The molecule has 0 amide bonds. The van der Waals surface area contributed by atoms with Crippen LogP contribution in [0.5, 0.6) is 5.75 Å². The fourth-order valence-electron chi connectivity index (χ4n) is 4.87. The number of carbonyl (C=O) groups is 1. The molecule has 0 bridgehead atoms. The highest BCUT2D eigenvalue weighted by Gasteiger charge is 2.41. The van der Waals surface area contributed by atoms with E-state index in [0.29, 0.717) is 54.9 Å². The number of piperidine rings is 1. The zero-order valence-electron chi connectivity index (χ0n) is 20.7. The van der Waals surface area contributed by atoms with Crippen LogP contribution in [0.4, 0.5) is 17.6 Å². The Morgan fingerprint density at radius 2 is 1.82 bits per heavy atom. The highest BCUT2D eigenvalue weighted by Crippen LogP contribution is 2.40. The summed E-state index contributed by atoms with van der Waals surface area (Å²) in [6.07, 6.45) is 0.713. The van der Waals surface area contributed by atoms with Crippen LogP contribution in [0.3, 0.4) is 0 Å². The summed E-state index contributed by atoms with van der Waals surface area (Å²) in [6.45, 7) is 1.53. The largest absolute Gasteiger partial charge is 0.497 e. The highest BCUT2D eigenvalue weighted by molar-refractivity contribution is 7.99. The molecular weight excluding hydrogens is 524 g/mol. The molecule has 0 spiro atoms. The Labute approximate surface area is 221 Å². The first-order valence-electron chi connectivity index (χ1n) is 12.2. The number of ether oxygens (including phenoxy) is 1. The molecule has 0 unspecified atom stereocenters. The number of aromatic nitrogens is 1. The third-order valence-electron chi connectivity index (χ3n) is 7.20. The highest BCUT2D eigenvalue weighted by atomic mass is 32.2. The molecule has 0 radical (unpaired) electrons. The number of fused-ring (bicyclic) bond motifs is 1. The molecule has 1 atom stereocenters. The number of hydrogen-bond acceptors (Lipinski definition) is 6. The van der Waals surface area contributed by atoms with Crippen molar-refractivity contribution in [2.75, 3.05) is 32.5 Å². The molecule has 1 aliphatic heterocycles. The van der Waals surface area contributed by atoms with Gasteiger partial charge < -0.3 is 19.8 Å². The topological polar surface area (TPSA) is 82.9 Å². The smallest absolute Gasteiger partial charge is 0.309 e. The fourth-order valence-corrected chi connectivity index (χ4v) is 5.83. The van der Waals surface area contributed by atoms with Gasteiger partial charge in [0.2, 0.25) is 0 Å². The predicted molar refractivity (Wildman–Crippen MR) is 135 cm³/mol. The average molecular weight is 553 g/mol.